The van der Waals surface area contributed by atoms with Gasteiger partial charge in [-0.2, -0.15) is 5.10 Å². The van der Waals surface area contributed by atoms with Crippen molar-refractivity contribution in [3.05, 3.63) is 11.8 Å². The molecule has 3 heteroatoms. The van der Waals surface area contributed by atoms with Crippen molar-refractivity contribution in [3.8, 4) is 0 Å². The first-order chi connectivity index (χ1) is 3.84. The van der Waals surface area contributed by atoms with Gasteiger partial charge < -0.3 is 5.73 Å². The van der Waals surface area contributed by atoms with Gasteiger partial charge in [-0.05, 0) is 6.92 Å². The monoisotopic (exact) mass is 98.1 g/mol. The summed E-state index contributed by atoms with van der Waals surface area (Å²) in [6.07, 6.45) is 1.66. The van der Waals surface area contributed by atoms with Crippen LogP contribution in [0.15, 0.2) is 6.20 Å². The molecule has 1 rings (SSSR count). The number of hydrogen-bond donors (Lipinski definition) is 2. The maximum Gasteiger partial charge on any atom is 0.158 e. The number of aryl methyl sites for hydroxylation is 1. The van der Waals surface area contributed by atoms with Crippen LogP contribution in [-0.2, 0) is 0 Å². The lowest BCUT2D eigenvalue weighted by Crippen LogP contribution is -1.85. The summed E-state index contributed by atoms with van der Waals surface area (Å²) in [6, 6.07) is 0. The second-order valence-corrected chi connectivity index (χ2v) is 1.43. The molecule has 0 aliphatic carbocycles. The van der Waals surface area contributed by atoms with Gasteiger partial charge in [0.05, 0.1) is 6.20 Å². The Balaban J connectivity index is 2.92. The molecule has 3 N–H and O–H groups in total. The van der Waals surface area contributed by atoms with Gasteiger partial charge in [0.15, 0.2) is 1.41 Å². The highest BCUT2D eigenvalue weighted by Gasteiger charge is 1.88. The second-order valence-electron chi connectivity index (χ2n) is 1.43. The highest BCUT2D eigenvalue weighted by Crippen LogP contribution is 2.00. The van der Waals surface area contributed by atoms with E-state index in [0.717, 1.165) is 5.56 Å². The van der Waals surface area contributed by atoms with Crippen LogP contribution >= 0.6 is 0 Å². The Hall–Kier alpha value is -0.990. The van der Waals surface area contributed by atoms with E-state index in [1.807, 2.05) is 6.92 Å². The molecule has 0 unspecified atom stereocenters. The number of nitrogen functional groups attached to an aromatic ring is 1. The molecule has 7 heavy (non-hydrogen) atoms. The van der Waals surface area contributed by atoms with E-state index < -0.39 is 0 Å². The fraction of sp³-hybridized carbons (Fsp3) is 0.250. The van der Waals surface area contributed by atoms with Crippen molar-refractivity contribution >= 4 is 5.82 Å². The lowest BCUT2D eigenvalue weighted by molar-refractivity contribution is 1.10. The number of nitrogens with zero attached hydrogens (tertiary/aromatic N) is 1. The average Bonchev–Trinajstić information content (AvgIpc) is 2.14. The molecule has 1 heterocycles. The quantitative estimate of drug-likeness (QED) is 0.530. The lowest BCUT2D eigenvalue weighted by atomic mass is 10.4. The van der Waals surface area contributed by atoms with Gasteiger partial charge in [0.25, 0.3) is 0 Å². The number of nitrogens with two attached hydrogens (primary N) is 1. The van der Waals surface area contributed by atoms with Gasteiger partial charge in [0, 0.05) is 5.56 Å². The van der Waals surface area contributed by atoms with Crippen LogP contribution in [0.1, 0.15) is 5.56 Å². The fourth-order valence-electron chi connectivity index (χ4n) is 0.346. The number of anilines is 1. The summed E-state index contributed by atoms with van der Waals surface area (Å²) in [7, 11) is 0. The zero-order valence-electron chi connectivity index (χ0n) is 5.02. The predicted molar refractivity (Wildman–Crippen MR) is 27.7 cm³/mol. The second kappa shape index (κ2) is 1.26. The summed E-state index contributed by atoms with van der Waals surface area (Å²) in [5, 5.41) is 6.29. The standard InChI is InChI=1S/C4H7N3/c1-3-2-6-7-4(3)5/h2H,1H3,(H3,5,6,7)/i/hD. The third kappa shape index (κ3) is 0.559. The Morgan fingerprint density at radius 3 is 3.29 bits per heavy atom. The molecule has 0 amide bonds. The van der Waals surface area contributed by atoms with Gasteiger partial charge in [0.2, 0.25) is 0 Å². The van der Waals surface area contributed by atoms with Crippen LogP contribution in [0.4, 0.5) is 5.82 Å². The molecular weight excluding hydrogens is 90.1 g/mol. The lowest BCUT2D eigenvalue weighted by Gasteiger charge is -1.79. The molecule has 0 aliphatic heterocycles. The summed E-state index contributed by atoms with van der Waals surface area (Å²) in [6.45, 7) is 1.88. The average molecular weight is 98.1 g/mol. The third-order valence-corrected chi connectivity index (χ3v) is 0.829. The van der Waals surface area contributed by atoms with Crippen molar-refractivity contribution < 1.29 is 1.41 Å². The van der Waals surface area contributed by atoms with E-state index in [-0.39, 0.29) is 0 Å². The first kappa shape index (κ1) is 3.07. The highest BCUT2D eigenvalue weighted by atomic mass is 15.1. The Labute approximate surface area is 43.0 Å². The van der Waals surface area contributed by atoms with Crippen molar-refractivity contribution in [3.63, 3.8) is 0 Å². The summed E-state index contributed by atoms with van der Waals surface area (Å²) in [4.78, 5) is 0. The smallest absolute Gasteiger partial charge is 0.158 e. The van der Waals surface area contributed by atoms with Gasteiger partial charge in [-0.25, -0.2) is 0 Å². The number of H-pyrrole nitrogens is 1. The molecule has 0 aromatic carbocycles. The highest BCUT2D eigenvalue weighted by molar-refractivity contribution is 5.34. The van der Waals surface area contributed by atoms with Crippen LogP contribution in [0.5, 0.6) is 0 Å². The summed E-state index contributed by atoms with van der Waals surface area (Å²) >= 11 is 0. The zero-order valence-corrected chi connectivity index (χ0v) is 4.02. The van der Waals surface area contributed by atoms with Crippen LogP contribution < -0.4 is 5.73 Å². The van der Waals surface area contributed by atoms with Gasteiger partial charge in [-0.15, -0.1) is 0 Å². The van der Waals surface area contributed by atoms with Crippen molar-refractivity contribution in [2.45, 2.75) is 6.92 Å². The molecule has 3 nitrogen and oxygen atoms in total. The van der Waals surface area contributed by atoms with E-state index in [1.165, 1.54) is 0 Å². The third-order valence-electron chi connectivity index (χ3n) is 0.829. The summed E-state index contributed by atoms with van der Waals surface area (Å²) in [5.74, 6) is 0.657. The van der Waals surface area contributed by atoms with E-state index in [2.05, 4.69) is 15.9 Å². The first-order valence-corrected chi connectivity index (χ1v) is 2.02. The van der Waals surface area contributed by atoms with Crippen molar-refractivity contribution in [1.29, 1.82) is 0 Å². The molecule has 0 atom stereocenters. The molecule has 0 fully saturated rings. The number of nitrogens with one attached hydrogen (secondary N) is 1. The van der Waals surface area contributed by atoms with Crippen molar-refractivity contribution in [2.24, 2.45) is 0 Å². The first-order valence-electron chi connectivity index (χ1n) is 2.52. The maximum atomic E-state index is 6.68. The predicted octanol–water partition coefficient (Wildman–Crippen LogP) is 0.300. The topological polar surface area (TPSA) is 54.7 Å². The van der Waals surface area contributed by atoms with Crippen LogP contribution in [0.25, 0.3) is 0 Å². The molecule has 0 saturated carbocycles. The van der Waals surface area contributed by atoms with Crippen molar-refractivity contribution in [1.82, 2.24) is 10.2 Å². The zero-order chi connectivity index (χ0) is 5.98. The van der Waals surface area contributed by atoms with Gasteiger partial charge in [-0.3, -0.25) is 5.10 Å². The molecule has 0 spiro atoms. The Morgan fingerprint density at radius 2 is 3.00 bits per heavy atom. The number of rotatable bonds is 1. The van der Waals surface area contributed by atoms with E-state index in [0.29, 0.717) is 5.82 Å². The van der Waals surface area contributed by atoms with Crippen LogP contribution in [-0.4, -0.2) is 10.2 Å². The Bertz CT molecular complexity index is 172. The molecular formula is C4H7N3. The fourth-order valence-corrected chi connectivity index (χ4v) is 0.346. The summed E-state index contributed by atoms with van der Waals surface area (Å²) < 4.78 is 6.68. The summed E-state index contributed by atoms with van der Waals surface area (Å²) in [5.41, 5.74) is 3.17. The molecule has 1 aromatic rings. The maximum absolute atomic E-state index is 6.68. The minimum atomic E-state index is 0.657. The molecule has 0 aliphatic rings. The largest absolute Gasteiger partial charge is 0.384 e. The van der Waals surface area contributed by atoms with Crippen molar-refractivity contribution in [2.75, 3.05) is 5.73 Å². The molecule has 1 aromatic heterocycles. The number of aromatic amines is 1. The van der Waals surface area contributed by atoms with Crippen LogP contribution in [0.2, 0.25) is 1.41 Å². The number of hydrogen-bond acceptors (Lipinski definition) is 2. The van der Waals surface area contributed by atoms with Gasteiger partial charge in [0.1, 0.15) is 5.82 Å². The van der Waals surface area contributed by atoms with Gasteiger partial charge in [-0.1, -0.05) is 0 Å². The molecule has 38 valence electrons. The van der Waals surface area contributed by atoms with Crippen LogP contribution in [0, 0.1) is 6.92 Å². The SMILES string of the molecule is [2H]Nc1[nH]ncc1C. The van der Waals surface area contributed by atoms with E-state index in [9.17, 15) is 0 Å². The minimum Gasteiger partial charge on any atom is -0.384 e. The van der Waals surface area contributed by atoms with Crippen LogP contribution in [0.3, 0.4) is 0 Å². The van der Waals surface area contributed by atoms with E-state index in [4.69, 9.17) is 1.41 Å². The Kier molecular flexibility index (Phi) is 0.551. The normalized spacial score (nSPS) is 10.7. The van der Waals surface area contributed by atoms with E-state index >= 15 is 0 Å². The minimum absolute atomic E-state index is 0.657. The molecule has 0 radical (unpaired) electrons. The molecule has 0 bridgehead atoms. The molecule has 0 saturated heterocycles. The van der Waals surface area contributed by atoms with E-state index in [1.54, 1.807) is 6.20 Å². The van der Waals surface area contributed by atoms with Gasteiger partial charge >= 0.3 is 0 Å². The Morgan fingerprint density at radius 1 is 2.14 bits per heavy atom. The number of aromatic nitrogens is 2.